The molecule has 6 nitrogen and oxygen atoms in total. The first-order chi connectivity index (χ1) is 12.8. The highest BCUT2D eigenvalue weighted by Crippen LogP contribution is 2.20. The minimum Gasteiger partial charge on any atom is -0.342 e. The van der Waals surface area contributed by atoms with Crippen molar-refractivity contribution in [1.29, 1.82) is 0 Å². The Bertz CT molecular complexity index is 661. The van der Waals surface area contributed by atoms with Crippen molar-refractivity contribution >= 4 is 29.1 Å². The minimum absolute atomic E-state index is 0.0859. The molecule has 0 spiro atoms. The molecule has 2 rings (SSSR count). The summed E-state index contributed by atoms with van der Waals surface area (Å²) in [5, 5.41) is 2.97. The van der Waals surface area contributed by atoms with E-state index in [4.69, 9.17) is 11.6 Å². The van der Waals surface area contributed by atoms with Crippen molar-refractivity contribution in [3.63, 3.8) is 0 Å². The molecule has 1 aliphatic rings. The topological polar surface area (TPSA) is 55.9 Å². The van der Waals surface area contributed by atoms with Gasteiger partial charge in [0.1, 0.15) is 5.82 Å². The van der Waals surface area contributed by atoms with Gasteiger partial charge in [-0.05, 0) is 39.0 Å². The van der Waals surface area contributed by atoms with E-state index in [0.717, 1.165) is 13.1 Å². The van der Waals surface area contributed by atoms with Crippen LogP contribution in [0.5, 0.6) is 0 Å². The van der Waals surface area contributed by atoms with Gasteiger partial charge in [0.15, 0.2) is 0 Å². The molecule has 8 heteroatoms. The monoisotopic (exact) mass is 398 g/mol. The van der Waals surface area contributed by atoms with Gasteiger partial charge in [-0.15, -0.1) is 0 Å². The number of hydrogen-bond donors (Lipinski definition) is 1. The van der Waals surface area contributed by atoms with Gasteiger partial charge >= 0.3 is 0 Å². The number of rotatable bonds is 7. The summed E-state index contributed by atoms with van der Waals surface area (Å²) >= 11 is 5.86. The summed E-state index contributed by atoms with van der Waals surface area (Å²) in [6.45, 7) is 10.4. The maximum absolute atomic E-state index is 13.8. The molecule has 0 saturated carbocycles. The molecule has 1 fully saturated rings. The molecular weight excluding hydrogens is 371 g/mol. The maximum Gasteiger partial charge on any atom is 0.241 e. The van der Waals surface area contributed by atoms with E-state index in [2.05, 4.69) is 10.2 Å². The van der Waals surface area contributed by atoms with Gasteiger partial charge in [0, 0.05) is 44.3 Å². The first kappa shape index (κ1) is 21.6. The fourth-order valence-electron chi connectivity index (χ4n) is 3.17. The number of piperazine rings is 1. The zero-order valence-corrected chi connectivity index (χ0v) is 16.9. The summed E-state index contributed by atoms with van der Waals surface area (Å²) in [4.78, 5) is 30.7. The second-order valence-corrected chi connectivity index (χ2v) is 7.10. The molecule has 1 N–H and O–H groups in total. The van der Waals surface area contributed by atoms with E-state index in [1.165, 1.54) is 18.2 Å². The third-order valence-corrected chi connectivity index (χ3v) is 5.23. The van der Waals surface area contributed by atoms with E-state index in [-0.39, 0.29) is 17.5 Å². The van der Waals surface area contributed by atoms with Crippen LogP contribution in [-0.4, -0.2) is 78.4 Å². The van der Waals surface area contributed by atoms with Crippen molar-refractivity contribution in [3.05, 3.63) is 29.0 Å². The quantitative estimate of drug-likeness (QED) is 0.765. The van der Waals surface area contributed by atoms with Crippen molar-refractivity contribution in [2.45, 2.75) is 26.8 Å². The van der Waals surface area contributed by atoms with Crippen LogP contribution in [0.3, 0.4) is 0 Å². The second-order valence-electron chi connectivity index (χ2n) is 6.67. The van der Waals surface area contributed by atoms with Gasteiger partial charge in [-0.2, -0.15) is 0 Å². The van der Waals surface area contributed by atoms with Crippen LogP contribution in [0, 0.1) is 5.82 Å². The zero-order valence-electron chi connectivity index (χ0n) is 16.2. The molecule has 1 heterocycles. The molecule has 2 amide bonds. The van der Waals surface area contributed by atoms with E-state index < -0.39 is 11.9 Å². The predicted molar refractivity (Wildman–Crippen MR) is 105 cm³/mol. The molecule has 150 valence electrons. The Hall–Kier alpha value is -1.70. The SMILES string of the molecule is CCN(CC)C(=O)CN1CCN(C(C)C(=O)Nc2cc(Cl)ccc2F)CC1. The summed E-state index contributed by atoms with van der Waals surface area (Å²) in [6, 6.07) is 3.67. The largest absolute Gasteiger partial charge is 0.342 e. The van der Waals surface area contributed by atoms with Crippen LogP contribution in [0.15, 0.2) is 18.2 Å². The lowest BCUT2D eigenvalue weighted by molar-refractivity contribution is -0.133. The number of halogens is 2. The predicted octanol–water partition coefficient (Wildman–Crippen LogP) is 2.29. The van der Waals surface area contributed by atoms with Gasteiger partial charge in [0.25, 0.3) is 0 Å². The number of anilines is 1. The van der Waals surface area contributed by atoms with Crippen LogP contribution in [0.4, 0.5) is 10.1 Å². The Kier molecular flexibility index (Phi) is 8.01. The summed E-state index contributed by atoms with van der Waals surface area (Å²) in [6.07, 6.45) is 0. The van der Waals surface area contributed by atoms with Gasteiger partial charge in [0.05, 0.1) is 18.3 Å². The van der Waals surface area contributed by atoms with E-state index in [0.29, 0.717) is 37.7 Å². The van der Waals surface area contributed by atoms with Crippen molar-refractivity contribution in [1.82, 2.24) is 14.7 Å². The third kappa shape index (κ3) is 5.89. The Morgan fingerprint density at radius 2 is 1.85 bits per heavy atom. The molecule has 27 heavy (non-hydrogen) atoms. The lowest BCUT2D eigenvalue weighted by atomic mass is 10.2. The van der Waals surface area contributed by atoms with Crippen LogP contribution < -0.4 is 5.32 Å². The fraction of sp³-hybridized carbons (Fsp3) is 0.579. The smallest absolute Gasteiger partial charge is 0.241 e. The molecule has 1 unspecified atom stereocenters. The van der Waals surface area contributed by atoms with Crippen molar-refractivity contribution in [3.8, 4) is 0 Å². The third-order valence-electron chi connectivity index (χ3n) is 5.00. The van der Waals surface area contributed by atoms with Crippen molar-refractivity contribution in [2.75, 3.05) is 51.1 Å². The second kappa shape index (κ2) is 10.0. The Morgan fingerprint density at radius 1 is 1.22 bits per heavy atom. The summed E-state index contributed by atoms with van der Waals surface area (Å²) in [5.74, 6) is -0.654. The highest BCUT2D eigenvalue weighted by atomic mass is 35.5. The van der Waals surface area contributed by atoms with Crippen LogP contribution in [-0.2, 0) is 9.59 Å². The standard InChI is InChI=1S/C19H28ClFN4O2/c1-4-24(5-2)18(26)13-23-8-10-25(11-9-23)14(3)19(27)22-17-12-15(20)6-7-16(17)21/h6-7,12,14H,4-5,8-11,13H2,1-3H3,(H,22,27). The zero-order chi connectivity index (χ0) is 20.0. The first-order valence-electron chi connectivity index (χ1n) is 9.35. The Morgan fingerprint density at radius 3 is 2.44 bits per heavy atom. The number of nitrogens with zero attached hydrogens (tertiary/aromatic N) is 3. The Labute approximate surface area is 165 Å². The fourth-order valence-corrected chi connectivity index (χ4v) is 3.34. The summed E-state index contributed by atoms with van der Waals surface area (Å²) in [5.41, 5.74) is 0.0859. The molecule has 1 atom stereocenters. The van der Waals surface area contributed by atoms with Gasteiger partial charge in [0.2, 0.25) is 11.8 Å². The van der Waals surface area contributed by atoms with E-state index in [9.17, 15) is 14.0 Å². The minimum atomic E-state index is -0.514. The Balaban J connectivity index is 1.85. The lowest BCUT2D eigenvalue weighted by Gasteiger charge is -2.37. The van der Waals surface area contributed by atoms with Gasteiger partial charge < -0.3 is 10.2 Å². The molecule has 0 bridgehead atoms. The van der Waals surface area contributed by atoms with E-state index in [1.807, 2.05) is 23.6 Å². The molecule has 1 saturated heterocycles. The average Bonchev–Trinajstić information content (AvgIpc) is 2.65. The summed E-state index contributed by atoms with van der Waals surface area (Å²) < 4.78 is 13.8. The first-order valence-corrected chi connectivity index (χ1v) is 9.73. The number of likely N-dealkylation sites (N-methyl/N-ethyl adjacent to an activating group) is 1. The van der Waals surface area contributed by atoms with E-state index >= 15 is 0 Å². The normalized spacial score (nSPS) is 16.8. The van der Waals surface area contributed by atoms with Crippen LogP contribution in [0.2, 0.25) is 5.02 Å². The van der Waals surface area contributed by atoms with Crippen molar-refractivity contribution < 1.29 is 14.0 Å². The number of carbonyl (C=O) groups is 2. The number of carbonyl (C=O) groups excluding carboxylic acids is 2. The van der Waals surface area contributed by atoms with E-state index in [1.54, 1.807) is 6.92 Å². The van der Waals surface area contributed by atoms with Crippen LogP contribution in [0.1, 0.15) is 20.8 Å². The van der Waals surface area contributed by atoms with Gasteiger partial charge in [-0.1, -0.05) is 11.6 Å². The number of hydrogen-bond acceptors (Lipinski definition) is 4. The molecule has 1 aromatic rings. The van der Waals surface area contributed by atoms with Gasteiger partial charge in [-0.3, -0.25) is 19.4 Å². The number of nitrogens with one attached hydrogen (secondary N) is 1. The molecule has 1 aromatic carbocycles. The molecule has 1 aliphatic heterocycles. The molecule has 0 radical (unpaired) electrons. The highest BCUT2D eigenvalue weighted by Gasteiger charge is 2.27. The molecular formula is C19H28ClFN4O2. The van der Waals surface area contributed by atoms with Crippen molar-refractivity contribution in [2.24, 2.45) is 0 Å². The molecule has 0 aliphatic carbocycles. The van der Waals surface area contributed by atoms with Crippen LogP contribution >= 0.6 is 11.6 Å². The molecule has 0 aromatic heterocycles. The highest BCUT2D eigenvalue weighted by molar-refractivity contribution is 6.30. The summed E-state index contributed by atoms with van der Waals surface area (Å²) in [7, 11) is 0. The lowest BCUT2D eigenvalue weighted by Crippen LogP contribution is -2.54. The average molecular weight is 399 g/mol. The number of benzene rings is 1. The van der Waals surface area contributed by atoms with Crippen LogP contribution in [0.25, 0.3) is 0 Å². The number of amides is 2. The maximum atomic E-state index is 13.8. The van der Waals surface area contributed by atoms with Gasteiger partial charge in [-0.25, -0.2) is 4.39 Å².